The van der Waals surface area contributed by atoms with Crippen molar-refractivity contribution in [1.82, 2.24) is 9.97 Å². The highest BCUT2D eigenvalue weighted by molar-refractivity contribution is 6.33. The monoisotopic (exact) mass is 296 g/mol. The van der Waals surface area contributed by atoms with Gasteiger partial charge in [0, 0.05) is 0 Å². The fourth-order valence-corrected chi connectivity index (χ4v) is 1.82. The molecule has 0 saturated heterocycles. The largest absolute Gasteiger partial charge is 0.417 e. The molecule has 9 heteroatoms. The summed E-state index contributed by atoms with van der Waals surface area (Å²) in [5, 5.41) is -0.519. The van der Waals surface area contributed by atoms with Crippen LogP contribution in [0.5, 0.6) is 0 Å². The van der Waals surface area contributed by atoms with Crippen LogP contribution in [-0.4, -0.2) is 9.97 Å². The number of benzene rings is 1. The van der Waals surface area contributed by atoms with Gasteiger partial charge in [-0.05, 0) is 12.1 Å². The Labute approximate surface area is 109 Å². The molecule has 3 N–H and O–H groups in total. The third-order valence-corrected chi connectivity index (χ3v) is 2.73. The summed E-state index contributed by atoms with van der Waals surface area (Å²) < 4.78 is 37.9. The average Bonchev–Trinajstić information content (AvgIpc) is 2.26. The van der Waals surface area contributed by atoms with E-state index in [0.29, 0.717) is 0 Å². The summed E-state index contributed by atoms with van der Waals surface area (Å²) in [6, 6.07) is 1.85. The van der Waals surface area contributed by atoms with E-state index in [0.717, 1.165) is 12.1 Å². The van der Waals surface area contributed by atoms with Gasteiger partial charge in [-0.3, -0.25) is 0 Å². The Hall–Kier alpha value is -1.31. The van der Waals surface area contributed by atoms with Crippen molar-refractivity contribution in [2.75, 3.05) is 5.43 Å². The predicted octanol–water partition coefficient (Wildman–Crippen LogP) is 3.24. The van der Waals surface area contributed by atoms with Crippen LogP contribution < -0.4 is 11.3 Å². The van der Waals surface area contributed by atoms with Gasteiger partial charge in [0.2, 0.25) is 0 Å². The van der Waals surface area contributed by atoms with Crippen LogP contribution in [0.15, 0.2) is 12.1 Å². The number of hydrogen-bond donors (Lipinski definition) is 2. The maximum absolute atomic E-state index is 12.6. The molecule has 18 heavy (non-hydrogen) atoms. The third-order valence-electron chi connectivity index (χ3n) is 2.15. The summed E-state index contributed by atoms with van der Waals surface area (Å²) in [5.74, 6) is 5.10. The quantitative estimate of drug-likeness (QED) is 0.626. The van der Waals surface area contributed by atoms with Gasteiger partial charge in [0.05, 0.1) is 21.6 Å². The van der Waals surface area contributed by atoms with Crippen molar-refractivity contribution in [3.8, 4) is 0 Å². The second kappa shape index (κ2) is 4.42. The van der Waals surface area contributed by atoms with E-state index < -0.39 is 16.8 Å². The van der Waals surface area contributed by atoms with Gasteiger partial charge < -0.3 is 5.43 Å². The van der Waals surface area contributed by atoms with E-state index in [2.05, 4.69) is 15.4 Å². The molecule has 1 aromatic carbocycles. The molecule has 1 aromatic heterocycles. The lowest BCUT2D eigenvalue weighted by Crippen LogP contribution is -2.11. The molecule has 0 bridgehead atoms. The zero-order chi connectivity index (χ0) is 13.5. The summed E-state index contributed by atoms with van der Waals surface area (Å²) in [6.07, 6.45) is -4.57. The highest BCUT2D eigenvalue weighted by Gasteiger charge is 2.33. The highest BCUT2D eigenvalue weighted by atomic mass is 35.5. The van der Waals surface area contributed by atoms with Gasteiger partial charge in [0.15, 0.2) is 11.0 Å². The molecular formula is C9H5Cl2F3N4. The first kappa shape index (κ1) is 13.1. The Morgan fingerprint density at radius 2 is 1.72 bits per heavy atom. The molecule has 0 saturated carbocycles. The number of hydrogen-bond acceptors (Lipinski definition) is 4. The van der Waals surface area contributed by atoms with Gasteiger partial charge in [-0.15, -0.1) is 0 Å². The molecule has 0 amide bonds. The van der Waals surface area contributed by atoms with Crippen molar-refractivity contribution in [1.29, 1.82) is 0 Å². The molecule has 0 unspecified atom stereocenters. The summed E-state index contributed by atoms with van der Waals surface area (Å²) in [6.45, 7) is 0. The minimum absolute atomic E-state index is 0.0101. The van der Waals surface area contributed by atoms with Gasteiger partial charge in [-0.2, -0.15) is 13.2 Å². The highest BCUT2D eigenvalue weighted by Crippen LogP contribution is 2.37. The molecule has 96 valence electrons. The van der Waals surface area contributed by atoms with E-state index in [1.54, 1.807) is 0 Å². The molecule has 0 aliphatic carbocycles. The number of halogens is 5. The lowest BCUT2D eigenvalue weighted by molar-refractivity contribution is -0.137. The van der Waals surface area contributed by atoms with Gasteiger partial charge in [0.1, 0.15) is 0 Å². The zero-order valence-electron chi connectivity index (χ0n) is 8.52. The van der Waals surface area contributed by atoms with Crippen molar-refractivity contribution >= 4 is 40.1 Å². The topological polar surface area (TPSA) is 63.8 Å². The van der Waals surface area contributed by atoms with Crippen LogP contribution in [0.4, 0.5) is 19.0 Å². The molecule has 0 aliphatic rings. The zero-order valence-corrected chi connectivity index (χ0v) is 10.0. The van der Waals surface area contributed by atoms with Gasteiger partial charge >= 0.3 is 6.18 Å². The van der Waals surface area contributed by atoms with Crippen molar-refractivity contribution in [3.63, 3.8) is 0 Å². The summed E-state index contributed by atoms with van der Waals surface area (Å²) in [7, 11) is 0. The number of nitrogens with two attached hydrogens (primary N) is 1. The second-order valence-electron chi connectivity index (χ2n) is 3.33. The van der Waals surface area contributed by atoms with Crippen LogP contribution in [0.1, 0.15) is 5.56 Å². The van der Waals surface area contributed by atoms with Crippen LogP contribution in [0.2, 0.25) is 10.2 Å². The van der Waals surface area contributed by atoms with E-state index in [1.165, 1.54) is 0 Å². The lowest BCUT2D eigenvalue weighted by atomic mass is 10.2. The van der Waals surface area contributed by atoms with Gasteiger partial charge in [-0.1, -0.05) is 23.2 Å². The number of nitrogens with zero attached hydrogens (tertiary/aromatic N) is 2. The summed E-state index contributed by atoms with van der Waals surface area (Å²) >= 11 is 11.2. The van der Waals surface area contributed by atoms with Gasteiger partial charge in [-0.25, -0.2) is 15.8 Å². The second-order valence-corrected chi connectivity index (χ2v) is 4.09. The minimum atomic E-state index is -4.57. The van der Waals surface area contributed by atoms with E-state index in [9.17, 15) is 13.2 Å². The van der Waals surface area contributed by atoms with E-state index in [4.69, 9.17) is 29.0 Å². The van der Waals surface area contributed by atoms with Gasteiger partial charge in [0.25, 0.3) is 0 Å². The van der Waals surface area contributed by atoms with Crippen molar-refractivity contribution < 1.29 is 13.2 Å². The SMILES string of the molecule is NNc1nc2cc(C(F)(F)F)c(Cl)cc2nc1Cl. The number of aromatic nitrogens is 2. The smallest absolute Gasteiger partial charge is 0.306 e. The van der Waals surface area contributed by atoms with Crippen LogP contribution >= 0.6 is 23.2 Å². The Kier molecular flexibility index (Phi) is 3.22. The maximum Gasteiger partial charge on any atom is 0.417 e. The Balaban J connectivity index is 2.74. The molecule has 4 nitrogen and oxygen atoms in total. The number of anilines is 1. The van der Waals surface area contributed by atoms with Crippen molar-refractivity contribution in [2.24, 2.45) is 5.84 Å². The normalized spacial score (nSPS) is 11.9. The van der Waals surface area contributed by atoms with E-state index in [1.807, 2.05) is 0 Å². The Morgan fingerprint density at radius 1 is 1.11 bits per heavy atom. The van der Waals surface area contributed by atoms with Crippen LogP contribution in [0.25, 0.3) is 11.0 Å². The molecular weight excluding hydrogens is 292 g/mol. The number of fused-ring (bicyclic) bond motifs is 1. The summed E-state index contributed by atoms with van der Waals surface area (Å²) in [5.41, 5.74) is 1.29. The number of nitrogens with one attached hydrogen (secondary N) is 1. The van der Waals surface area contributed by atoms with E-state index in [-0.39, 0.29) is 22.0 Å². The Bertz CT molecular complexity index is 615. The van der Waals surface area contributed by atoms with E-state index >= 15 is 0 Å². The number of nitrogen functional groups attached to an aromatic ring is 1. The number of rotatable bonds is 1. The van der Waals surface area contributed by atoms with Crippen molar-refractivity contribution in [2.45, 2.75) is 6.18 Å². The molecule has 0 fully saturated rings. The fraction of sp³-hybridized carbons (Fsp3) is 0.111. The molecule has 0 spiro atoms. The molecule has 1 heterocycles. The molecule has 2 rings (SSSR count). The van der Waals surface area contributed by atoms with Crippen molar-refractivity contribution in [3.05, 3.63) is 27.9 Å². The fourth-order valence-electron chi connectivity index (χ4n) is 1.36. The van der Waals surface area contributed by atoms with Crippen LogP contribution in [0.3, 0.4) is 0 Å². The first-order chi connectivity index (χ1) is 8.32. The average molecular weight is 297 g/mol. The number of alkyl halides is 3. The predicted molar refractivity (Wildman–Crippen MR) is 62.4 cm³/mol. The summed E-state index contributed by atoms with van der Waals surface area (Å²) in [4.78, 5) is 7.66. The Morgan fingerprint density at radius 3 is 2.28 bits per heavy atom. The standard InChI is InChI=1S/C9H5Cl2F3N4/c10-4-2-6-5(1-3(4)9(12,13)14)17-8(18-15)7(11)16-6/h1-2H,15H2,(H,17,18). The third kappa shape index (κ3) is 2.29. The maximum atomic E-state index is 12.6. The van der Waals surface area contributed by atoms with Crippen LogP contribution in [0, 0.1) is 0 Å². The first-order valence-corrected chi connectivity index (χ1v) is 5.29. The minimum Gasteiger partial charge on any atom is -0.306 e. The van der Waals surface area contributed by atoms with Crippen LogP contribution in [-0.2, 0) is 6.18 Å². The molecule has 2 aromatic rings. The lowest BCUT2D eigenvalue weighted by Gasteiger charge is -2.10. The molecule has 0 aliphatic heterocycles. The molecule has 0 radical (unpaired) electrons. The number of hydrazine groups is 1. The molecule has 0 atom stereocenters. The first-order valence-electron chi connectivity index (χ1n) is 4.53.